The SMILES string of the molecule is CCCCCCCCCCCCc1ccc(Oc2ccc(Oc3ccc(Oc4cccc(S(=O)(=O)[O-])c4)c(S(=O)(=O)[O-])c3)c(S(=O)(=O)[O-])c2)c(S(=O)(=O)[O-])c1.[Mg+2].[Mg+2]. The van der Waals surface area contributed by atoms with E-state index in [0.29, 0.717) is 24.1 Å². The Morgan fingerprint density at radius 1 is 0.439 bits per heavy atom. The van der Waals surface area contributed by atoms with Crippen LogP contribution in [0.2, 0.25) is 0 Å². The fourth-order valence-electron chi connectivity index (χ4n) is 5.54. The number of unbranched alkanes of at least 4 members (excludes halogenated alkanes) is 9. The molecule has 0 aliphatic carbocycles. The van der Waals surface area contributed by atoms with Crippen LogP contribution in [0.15, 0.2) is 98.4 Å². The zero-order valence-corrected chi connectivity index (χ0v) is 37.0. The summed E-state index contributed by atoms with van der Waals surface area (Å²) in [6.07, 6.45) is 11.6. The first-order valence-electron chi connectivity index (χ1n) is 17.1. The van der Waals surface area contributed by atoms with Gasteiger partial charge in [0.05, 0.1) is 9.79 Å². The van der Waals surface area contributed by atoms with Crippen LogP contribution in [-0.4, -0.2) is 98.0 Å². The van der Waals surface area contributed by atoms with Crippen LogP contribution in [0.1, 0.15) is 76.7 Å². The molecule has 15 nitrogen and oxygen atoms in total. The second-order valence-electron chi connectivity index (χ2n) is 12.5. The molecule has 300 valence electrons. The molecular formula is C36H38Mg2O15S4. The van der Waals surface area contributed by atoms with Crippen molar-refractivity contribution in [2.24, 2.45) is 0 Å². The van der Waals surface area contributed by atoms with Gasteiger partial charge in [-0.05, 0) is 73.0 Å². The summed E-state index contributed by atoms with van der Waals surface area (Å²) in [6, 6.07) is 13.4. The minimum absolute atomic E-state index is 0. The molecule has 4 aromatic carbocycles. The molecule has 0 unspecified atom stereocenters. The molecule has 0 bridgehead atoms. The molecule has 0 saturated carbocycles. The Morgan fingerprint density at radius 3 is 1.25 bits per heavy atom. The van der Waals surface area contributed by atoms with E-state index in [1.54, 1.807) is 6.07 Å². The number of hydrogen-bond donors (Lipinski definition) is 0. The minimum Gasteiger partial charge on any atom is -0.744 e. The Morgan fingerprint density at radius 2 is 0.825 bits per heavy atom. The van der Waals surface area contributed by atoms with E-state index in [9.17, 15) is 51.9 Å². The van der Waals surface area contributed by atoms with Gasteiger partial charge in [0.15, 0.2) is 0 Å². The molecule has 21 heteroatoms. The van der Waals surface area contributed by atoms with E-state index >= 15 is 0 Å². The third-order valence-electron chi connectivity index (χ3n) is 8.24. The van der Waals surface area contributed by atoms with Crippen LogP contribution < -0.4 is 14.2 Å². The molecule has 0 radical (unpaired) electrons. The van der Waals surface area contributed by atoms with Gasteiger partial charge in [-0.1, -0.05) is 76.8 Å². The van der Waals surface area contributed by atoms with Gasteiger partial charge in [0.25, 0.3) is 0 Å². The first-order chi connectivity index (χ1) is 25.8. The first kappa shape index (κ1) is 50.6. The van der Waals surface area contributed by atoms with Gasteiger partial charge in [-0.15, -0.1) is 0 Å². The van der Waals surface area contributed by atoms with Crippen molar-refractivity contribution < 1.29 is 66.1 Å². The van der Waals surface area contributed by atoms with Crippen LogP contribution in [0.3, 0.4) is 0 Å². The van der Waals surface area contributed by atoms with Crippen LogP contribution in [0, 0.1) is 0 Å². The van der Waals surface area contributed by atoms with E-state index < -0.39 is 83.1 Å². The zero-order chi connectivity index (χ0) is 40.4. The van der Waals surface area contributed by atoms with E-state index in [4.69, 9.17) is 14.2 Å². The third-order valence-corrected chi connectivity index (χ3v) is 11.6. The molecule has 4 aromatic rings. The minimum atomic E-state index is -5.36. The van der Waals surface area contributed by atoms with Crippen LogP contribution in [0.4, 0.5) is 0 Å². The Bertz CT molecular complexity index is 2420. The van der Waals surface area contributed by atoms with Gasteiger partial charge in [-0.2, -0.15) is 0 Å². The van der Waals surface area contributed by atoms with Crippen molar-refractivity contribution >= 4 is 86.6 Å². The second-order valence-corrected chi connectivity index (χ2v) is 18.0. The second kappa shape index (κ2) is 22.2. The first-order valence-corrected chi connectivity index (χ1v) is 22.8. The van der Waals surface area contributed by atoms with E-state index in [0.717, 1.165) is 74.6 Å². The van der Waals surface area contributed by atoms with Crippen molar-refractivity contribution in [1.82, 2.24) is 0 Å². The summed E-state index contributed by atoms with van der Waals surface area (Å²) in [4.78, 5) is -3.46. The standard InChI is InChI=1S/C36H42O15S4.2Mg/c1-2-3-4-5-6-7-8-9-10-11-13-26-16-19-31(34(22-26)53(40,41)42)50-28-18-21-33(36(24-28)55(46,47)48)51-29-17-20-32(35(25-29)54(43,44)45)49-27-14-12-15-30(23-27)52(37,38)39;;/h12,14-25H,2-11,13H2,1H3,(H,37,38,39)(H,40,41,42)(H,43,44,45)(H,46,47,48);;/q;2*+2/p-4. The molecule has 0 aromatic heterocycles. The number of aryl methyl sites for hydroxylation is 1. The molecule has 4 rings (SSSR count). The molecule has 0 N–H and O–H groups in total. The summed E-state index contributed by atoms with van der Waals surface area (Å²) in [5.74, 6) is -2.84. The Kier molecular flexibility index (Phi) is 19.7. The quantitative estimate of drug-likeness (QED) is 0.0499. The smallest absolute Gasteiger partial charge is 0.744 e. The van der Waals surface area contributed by atoms with Crippen molar-refractivity contribution in [3.8, 4) is 34.5 Å². The Balaban J connectivity index is 0.00000561. The normalized spacial score (nSPS) is 11.9. The maximum atomic E-state index is 12.3. The monoisotopic (exact) mass is 886 g/mol. The Hall–Kier alpha value is -2.55. The summed E-state index contributed by atoms with van der Waals surface area (Å²) in [7, 11) is -20.7. The number of benzene rings is 4. The summed E-state index contributed by atoms with van der Waals surface area (Å²) in [5.41, 5.74) is 0.577. The van der Waals surface area contributed by atoms with Crippen molar-refractivity contribution in [3.63, 3.8) is 0 Å². The maximum absolute atomic E-state index is 12.3. The van der Waals surface area contributed by atoms with Crippen molar-refractivity contribution in [3.05, 3.63) is 84.4 Å². The van der Waals surface area contributed by atoms with Gasteiger partial charge < -0.3 is 32.4 Å². The van der Waals surface area contributed by atoms with Gasteiger partial charge >= 0.3 is 46.1 Å². The third kappa shape index (κ3) is 15.9. The molecule has 0 spiro atoms. The maximum Gasteiger partial charge on any atom is 2.00 e. The predicted molar refractivity (Wildman–Crippen MR) is 205 cm³/mol. The predicted octanol–water partition coefficient (Wildman–Crippen LogP) is 6.38. The molecule has 57 heavy (non-hydrogen) atoms. The average molecular weight is 888 g/mol. The Labute approximate surface area is 365 Å². The van der Waals surface area contributed by atoms with Crippen LogP contribution >= 0.6 is 0 Å². The fourth-order valence-corrected chi connectivity index (χ4v) is 7.93. The molecule has 0 heterocycles. The fraction of sp³-hybridized carbons (Fsp3) is 0.333. The van der Waals surface area contributed by atoms with Gasteiger partial charge in [-0.3, -0.25) is 0 Å². The topological polar surface area (TPSA) is 256 Å². The summed E-state index contributed by atoms with van der Waals surface area (Å²) in [5, 5.41) is 0. The van der Waals surface area contributed by atoms with Gasteiger partial charge in [0, 0.05) is 12.1 Å². The number of rotatable bonds is 21. The summed E-state index contributed by atoms with van der Waals surface area (Å²) < 4.78 is 160. The van der Waals surface area contributed by atoms with Gasteiger partial charge in [0.1, 0.15) is 84.8 Å². The molecule has 0 aliphatic rings. The van der Waals surface area contributed by atoms with Crippen LogP contribution in [0.25, 0.3) is 0 Å². The van der Waals surface area contributed by atoms with Crippen LogP contribution in [0.5, 0.6) is 34.5 Å². The molecule has 0 fully saturated rings. The van der Waals surface area contributed by atoms with Crippen LogP contribution in [-0.2, 0) is 46.9 Å². The number of hydrogen-bond acceptors (Lipinski definition) is 15. The molecule has 0 aliphatic heterocycles. The largest absolute Gasteiger partial charge is 2.00 e. The van der Waals surface area contributed by atoms with Gasteiger partial charge in [-0.25, -0.2) is 33.7 Å². The van der Waals surface area contributed by atoms with Crippen molar-refractivity contribution in [1.29, 1.82) is 0 Å². The van der Waals surface area contributed by atoms with E-state index in [-0.39, 0.29) is 57.6 Å². The van der Waals surface area contributed by atoms with Gasteiger partial charge in [0.2, 0.25) is 0 Å². The molecule has 0 amide bonds. The van der Waals surface area contributed by atoms with E-state index in [1.165, 1.54) is 50.3 Å². The summed E-state index contributed by atoms with van der Waals surface area (Å²) in [6.45, 7) is 2.17. The van der Waals surface area contributed by atoms with Crippen molar-refractivity contribution in [2.45, 2.75) is 97.1 Å². The molecule has 0 saturated heterocycles. The van der Waals surface area contributed by atoms with Crippen molar-refractivity contribution in [2.75, 3.05) is 0 Å². The molecule has 0 atom stereocenters. The average Bonchev–Trinajstić information content (AvgIpc) is 3.09. The summed E-state index contributed by atoms with van der Waals surface area (Å²) >= 11 is 0. The van der Waals surface area contributed by atoms with E-state index in [2.05, 4.69) is 6.92 Å². The zero-order valence-electron chi connectivity index (χ0n) is 31.0. The van der Waals surface area contributed by atoms with E-state index in [1.807, 2.05) is 0 Å². The number of ether oxygens (including phenoxy) is 3. The molecular weight excluding hydrogens is 849 g/mol.